The maximum absolute atomic E-state index is 12.0. The van der Waals surface area contributed by atoms with E-state index in [1.807, 2.05) is 0 Å². The fourth-order valence-corrected chi connectivity index (χ4v) is 1.66. The predicted octanol–water partition coefficient (Wildman–Crippen LogP) is 2.22. The number of aliphatic hydroxyl groups excluding tert-OH is 2. The van der Waals surface area contributed by atoms with Gasteiger partial charge in [-0.05, 0) is 29.5 Å². The van der Waals surface area contributed by atoms with Crippen LogP contribution in [0.25, 0.3) is 0 Å². The Bertz CT molecular complexity index is 413. The Labute approximate surface area is 99.5 Å². The zero-order valence-corrected chi connectivity index (χ0v) is 9.16. The van der Waals surface area contributed by atoms with Crippen molar-refractivity contribution in [2.24, 2.45) is 0 Å². The molecular weight excluding hydrogens is 255 g/mol. The summed E-state index contributed by atoms with van der Waals surface area (Å²) >= 11 is -0.274. The van der Waals surface area contributed by atoms with Gasteiger partial charge in [-0.2, -0.15) is 18.4 Å². The van der Waals surface area contributed by atoms with Crippen molar-refractivity contribution >= 4 is 11.8 Å². The van der Waals surface area contributed by atoms with Crippen molar-refractivity contribution in [3.63, 3.8) is 0 Å². The number of benzene rings is 1. The highest BCUT2D eigenvalue weighted by Crippen LogP contribution is 2.37. The molecule has 0 heterocycles. The lowest BCUT2D eigenvalue weighted by Crippen LogP contribution is -2.15. The van der Waals surface area contributed by atoms with E-state index < -0.39 is 17.7 Å². The number of alkyl halides is 3. The van der Waals surface area contributed by atoms with Crippen LogP contribution in [-0.4, -0.2) is 21.8 Å². The summed E-state index contributed by atoms with van der Waals surface area (Å²) in [6.45, 7) is 0. The minimum atomic E-state index is -4.37. The van der Waals surface area contributed by atoms with Gasteiger partial charge in [0.15, 0.2) is 6.10 Å². The fourth-order valence-electron chi connectivity index (χ4n) is 1.12. The number of rotatable bonds is 3. The summed E-state index contributed by atoms with van der Waals surface area (Å²) in [5.74, 6) is 0. The molecule has 0 saturated heterocycles. The Balaban J connectivity index is 2.79. The molecular formula is C10H8F3NO2S. The monoisotopic (exact) mass is 263 g/mol. The predicted molar refractivity (Wildman–Crippen MR) is 54.9 cm³/mol. The first-order valence-corrected chi connectivity index (χ1v) is 5.26. The van der Waals surface area contributed by atoms with Crippen molar-refractivity contribution in [3.05, 3.63) is 29.8 Å². The Morgan fingerprint density at radius 3 is 2.12 bits per heavy atom. The van der Waals surface area contributed by atoms with Crippen LogP contribution in [0.5, 0.6) is 0 Å². The van der Waals surface area contributed by atoms with Crippen molar-refractivity contribution in [1.82, 2.24) is 0 Å². The number of halogens is 3. The average molecular weight is 263 g/mol. The van der Waals surface area contributed by atoms with Crippen LogP contribution in [-0.2, 0) is 0 Å². The van der Waals surface area contributed by atoms with E-state index in [0.29, 0.717) is 0 Å². The van der Waals surface area contributed by atoms with Gasteiger partial charge in [0.1, 0.15) is 6.10 Å². The van der Waals surface area contributed by atoms with Crippen molar-refractivity contribution in [3.8, 4) is 6.07 Å². The molecule has 0 fully saturated rings. The summed E-state index contributed by atoms with van der Waals surface area (Å²) in [6.07, 6.45) is -3.03. The lowest BCUT2D eigenvalue weighted by molar-refractivity contribution is -0.0328. The molecule has 0 spiro atoms. The fraction of sp³-hybridized carbons (Fsp3) is 0.300. The van der Waals surface area contributed by atoms with Gasteiger partial charge in [0.05, 0.1) is 6.07 Å². The Hall–Kier alpha value is -1.23. The number of hydrogen-bond donors (Lipinski definition) is 2. The van der Waals surface area contributed by atoms with Gasteiger partial charge in [0, 0.05) is 4.90 Å². The standard InChI is InChI=1S/C10H8F3NO2S/c11-10(12,13)17-7-3-1-6(2-4-7)9(16)8(15)5-14/h1-4,8-9,15-16H. The second kappa shape index (κ2) is 5.40. The van der Waals surface area contributed by atoms with E-state index in [-0.39, 0.29) is 22.2 Å². The van der Waals surface area contributed by atoms with Crippen molar-refractivity contribution < 1.29 is 23.4 Å². The largest absolute Gasteiger partial charge is 0.446 e. The van der Waals surface area contributed by atoms with Crippen LogP contribution in [0.15, 0.2) is 29.2 Å². The molecule has 0 aromatic heterocycles. The molecule has 0 radical (unpaired) electrons. The smallest absolute Gasteiger partial charge is 0.385 e. The van der Waals surface area contributed by atoms with E-state index in [9.17, 15) is 18.3 Å². The maximum atomic E-state index is 12.0. The molecule has 0 aliphatic carbocycles. The highest BCUT2D eigenvalue weighted by atomic mass is 32.2. The third kappa shape index (κ3) is 4.26. The van der Waals surface area contributed by atoms with Crippen LogP contribution in [0.3, 0.4) is 0 Å². The summed E-state index contributed by atoms with van der Waals surface area (Å²) in [5.41, 5.74) is -4.18. The van der Waals surface area contributed by atoms with Gasteiger partial charge in [-0.3, -0.25) is 0 Å². The molecule has 3 nitrogen and oxygen atoms in total. The topological polar surface area (TPSA) is 64.2 Å². The molecule has 0 bridgehead atoms. The quantitative estimate of drug-likeness (QED) is 0.648. The van der Waals surface area contributed by atoms with Crippen LogP contribution in [0.1, 0.15) is 11.7 Å². The molecule has 0 amide bonds. The van der Waals surface area contributed by atoms with E-state index >= 15 is 0 Å². The minimum Gasteiger partial charge on any atom is -0.385 e. The molecule has 0 saturated carbocycles. The summed E-state index contributed by atoms with van der Waals surface area (Å²) in [5, 5.41) is 26.8. The Morgan fingerprint density at radius 2 is 1.71 bits per heavy atom. The normalized spacial score (nSPS) is 15.1. The van der Waals surface area contributed by atoms with Gasteiger partial charge >= 0.3 is 5.51 Å². The summed E-state index contributed by atoms with van der Waals surface area (Å²) in [4.78, 5) is -0.0279. The van der Waals surface area contributed by atoms with Crippen LogP contribution in [0, 0.1) is 11.3 Å². The molecule has 1 rings (SSSR count). The van der Waals surface area contributed by atoms with E-state index in [0.717, 1.165) is 0 Å². The molecule has 7 heteroatoms. The summed E-state index contributed by atoms with van der Waals surface area (Å²) in [7, 11) is 0. The highest BCUT2D eigenvalue weighted by molar-refractivity contribution is 8.00. The van der Waals surface area contributed by atoms with Gasteiger partial charge in [0.2, 0.25) is 0 Å². The Morgan fingerprint density at radius 1 is 1.18 bits per heavy atom. The number of nitriles is 1. The van der Waals surface area contributed by atoms with Crippen molar-refractivity contribution in [2.45, 2.75) is 22.6 Å². The first-order chi connectivity index (χ1) is 7.83. The lowest BCUT2D eigenvalue weighted by Gasteiger charge is -2.12. The molecule has 2 unspecified atom stereocenters. The van der Waals surface area contributed by atoms with Gasteiger partial charge in [-0.15, -0.1) is 0 Å². The van der Waals surface area contributed by atoms with E-state index in [1.54, 1.807) is 0 Å². The van der Waals surface area contributed by atoms with Gasteiger partial charge in [-0.1, -0.05) is 12.1 Å². The van der Waals surface area contributed by atoms with Crippen molar-refractivity contribution in [1.29, 1.82) is 5.26 Å². The second-order valence-electron chi connectivity index (χ2n) is 3.14. The van der Waals surface area contributed by atoms with Crippen molar-refractivity contribution in [2.75, 3.05) is 0 Å². The third-order valence-electron chi connectivity index (χ3n) is 1.89. The molecule has 0 aliphatic heterocycles. The SMILES string of the molecule is N#CC(O)C(O)c1ccc(SC(F)(F)F)cc1. The number of nitrogens with zero attached hydrogens (tertiary/aromatic N) is 1. The Kier molecular flexibility index (Phi) is 4.40. The maximum Gasteiger partial charge on any atom is 0.446 e. The third-order valence-corrected chi connectivity index (χ3v) is 2.63. The first kappa shape index (κ1) is 13.8. The molecule has 17 heavy (non-hydrogen) atoms. The van der Waals surface area contributed by atoms with E-state index in [1.165, 1.54) is 30.3 Å². The molecule has 1 aromatic rings. The molecule has 2 N–H and O–H groups in total. The molecule has 0 aliphatic rings. The lowest BCUT2D eigenvalue weighted by atomic mass is 10.1. The highest BCUT2D eigenvalue weighted by Gasteiger charge is 2.29. The molecule has 2 atom stereocenters. The first-order valence-electron chi connectivity index (χ1n) is 4.45. The molecule has 1 aromatic carbocycles. The number of hydrogen-bond acceptors (Lipinski definition) is 4. The van der Waals surface area contributed by atoms with Crippen LogP contribution >= 0.6 is 11.8 Å². The van der Waals surface area contributed by atoms with Crippen LogP contribution < -0.4 is 0 Å². The van der Waals surface area contributed by atoms with Crippen LogP contribution in [0.4, 0.5) is 13.2 Å². The summed E-state index contributed by atoms with van der Waals surface area (Å²) < 4.78 is 36.0. The van der Waals surface area contributed by atoms with E-state index in [2.05, 4.69) is 0 Å². The minimum absolute atomic E-state index is 0.0279. The number of thioether (sulfide) groups is 1. The average Bonchev–Trinajstić information content (AvgIpc) is 2.26. The van der Waals surface area contributed by atoms with E-state index in [4.69, 9.17) is 10.4 Å². The van der Waals surface area contributed by atoms with Gasteiger partial charge < -0.3 is 10.2 Å². The number of aliphatic hydroxyl groups is 2. The van der Waals surface area contributed by atoms with Gasteiger partial charge in [-0.25, -0.2) is 0 Å². The zero-order valence-electron chi connectivity index (χ0n) is 8.35. The zero-order chi connectivity index (χ0) is 13.1. The molecule has 92 valence electrons. The van der Waals surface area contributed by atoms with Gasteiger partial charge in [0.25, 0.3) is 0 Å². The second-order valence-corrected chi connectivity index (χ2v) is 4.27. The van der Waals surface area contributed by atoms with Crippen LogP contribution in [0.2, 0.25) is 0 Å². The summed E-state index contributed by atoms with van der Waals surface area (Å²) in [6, 6.07) is 6.24.